The summed E-state index contributed by atoms with van der Waals surface area (Å²) < 4.78 is 0. The zero-order chi connectivity index (χ0) is 16.1. The summed E-state index contributed by atoms with van der Waals surface area (Å²) in [5, 5.41) is 2.94. The predicted molar refractivity (Wildman–Crippen MR) is 88.8 cm³/mol. The summed E-state index contributed by atoms with van der Waals surface area (Å²) >= 11 is 0. The lowest BCUT2D eigenvalue weighted by Gasteiger charge is -2.24. The minimum Gasteiger partial charge on any atom is -0.350 e. The van der Waals surface area contributed by atoms with Crippen molar-refractivity contribution in [3.63, 3.8) is 0 Å². The maximum Gasteiger partial charge on any atom is 0.254 e. The maximum atomic E-state index is 12.6. The van der Waals surface area contributed by atoms with Gasteiger partial charge in [-0.25, -0.2) is 0 Å². The molecule has 4 nitrogen and oxygen atoms in total. The van der Waals surface area contributed by atoms with Crippen molar-refractivity contribution in [1.29, 1.82) is 0 Å². The van der Waals surface area contributed by atoms with Crippen LogP contribution < -0.4 is 5.32 Å². The van der Waals surface area contributed by atoms with E-state index in [1.54, 1.807) is 17.0 Å². The third kappa shape index (κ3) is 3.59. The van der Waals surface area contributed by atoms with Crippen molar-refractivity contribution in [2.45, 2.75) is 25.4 Å². The Kier molecular flexibility index (Phi) is 4.71. The van der Waals surface area contributed by atoms with Gasteiger partial charge in [0.2, 0.25) is 5.91 Å². The third-order valence-electron chi connectivity index (χ3n) is 4.15. The molecule has 4 heteroatoms. The van der Waals surface area contributed by atoms with Crippen molar-refractivity contribution in [2.75, 3.05) is 6.54 Å². The van der Waals surface area contributed by atoms with Gasteiger partial charge in [-0.1, -0.05) is 48.5 Å². The number of nitrogens with one attached hydrogen (secondary N) is 1. The molecule has 1 heterocycles. The Morgan fingerprint density at radius 3 is 2.35 bits per heavy atom. The second-order valence-corrected chi connectivity index (χ2v) is 5.73. The van der Waals surface area contributed by atoms with Crippen LogP contribution in [-0.2, 0) is 11.3 Å². The summed E-state index contributed by atoms with van der Waals surface area (Å²) in [7, 11) is 0. The molecule has 0 aromatic heterocycles. The van der Waals surface area contributed by atoms with Gasteiger partial charge in [-0.15, -0.1) is 0 Å². The van der Waals surface area contributed by atoms with Gasteiger partial charge in [0.15, 0.2) is 0 Å². The molecule has 0 saturated carbocycles. The van der Waals surface area contributed by atoms with Crippen LogP contribution in [0.25, 0.3) is 0 Å². The monoisotopic (exact) mass is 308 g/mol. The SMILES string of the molecule is O=C(NCc1ccccc1)[C@H]1CCCN1C(=O)c1ccccc1. The molecule has 118 valence electrons. The van der Waals surface area contributed by atoms with Crippen molar-refractivity contribution < 1.29 is 9.59 Å². The van der Waals surface area contributed by atoms with Crippen LogP contribution in [-0.4, -0.2) is 29.3 Å². The predicted octanol–water partition coefficient (Wildman–Crippen LogP) is 2.61. The first-order valence-electron chi connectivity index (χ1n) is 7.93. The lowest BCUT2D eigenvalue weighted by molar-refractivity contribution is -0.125. The Morgan fingerprint density at radius 1 is 1.00 bits per heavy atom. The van der Waals surface area contributed by atoms with Gasteiger partial charge < -0.3 is 10.2 Å². The molecule has 0 radical (unpaired) electrons. The highest BCUT2D eigenvalue weighted by Gasteiger charge is 2.34. The van der Waals surface area contributed by atoms with Gasteiger partial charge in [0.25, 0.3) is 5.91 Å². The number of nitrogens with zero attached hydrogens (tertiary/aromatic N) is 1. The fourth-order valence-electron chi connectivity index (χ4n) is 2.93. The van der Waals surface area contributed by atoms with Gasteiger partial charge in [-0.2, -0.15) is 0 Å². The number of carbonyl (C=O) groups excluding carboxylic acids is 2. The molecule has 0 aliphatic carbocycles. The second-order valence-electron chi connectivity index (χ2n) is 5.73. The molecule has 0 unspecified atom stereocenters. The van der Waals surface area contributed by atoms with Crippen molar-refractivity contribution >= 4 is 11.8 Å². The molecule has 2 aromatic carbocycles. The standard InChI is InChI=1S/C19H20N2O2/c22-18(20-14-15-8-3-1-4-9-15)17-12-7-13-21(17)19(23)16-10-5-2-6-11-16/h1-6,8-11,17H,7,12-14H2,(H,20,22)/t17-/m1/s1. The van der Waals surface area contributed by atoms with Crippen molar-refractivity contribution in [2.24, 2.45) is 0 Å². The summed E-state index contributed by atoms with van der Waals surface area (Å²) in [6, 6.07) is 18.6. The molecule has 1 aliphatic rings. The number of benzene rings is 2. The minimum absolute atomic E-state index is 0.0667. The molecule has 1 aliphatic heterocycles. The molecular formula is C19H20N2O2. The Bertz CT molecular complexity index is 670. The Labute approximate surface area is 136 Å². The van der Waals surface area contributed by atoms with Gasteiger partial charge in [0, 0.05) is 18.7 Å². The summed E-state index contributed by atoms with van der Waals surface area (Å²) in [6.07, 6.45) is 1.58. The highest BCUT2D eigenvalue weighted by molar-refractivity contribution is 5.97. The van der Waals surface area contributed by atoms with Gasteiger partial charge in [-0.05, 0) is 30.5 Å². The number of hydrogen-bond donors (Lipinski definition) is 1. The molecule has 0 spiro atoms. The van der Waals surface area contributed by atoms with Crippen LogP contribution in [0.5, 0.6) is 0 Å². The molecule has 2 aromatic rings. The van der Waals surface area contributed by atoms with Crippen LogP contribution in [0, 0.1) is 0 Å². The average Bonchev–Trinajstić information content (AvgIpc) is 3.10. The molecule has 1 atom stereocenters. The Morgan fingerprint density at radius 2 is 1.65 bits per heavy atom. The molecular weight excluding hydrogens is 288 g/mol. The molecule has 1 saturated heterocycles. The first-order chi connectivity index (χ1) is 11.3. The molecule has 3 rings (SSSR count). The lowest BCUT2D eigenvalue weighted by Crippen LogP contribution is -2.45. The molecule has 2 amide bonds. The van der Waals surface area contributed by atoms with E-state index in [-0.39, 0.29) is 17.9 Å². The van der Waals surface area contributed by atoms with E-state index in [4.69, 9.17) is 0 Å². The van der Waals surface area contributed by atoms with Crippen molar-refractivity contribution in [3.05, 3.63) is 71.8 Å². The van der Waals surface area contributed by atoms with Crippen LogP contribution in [0.3, 0.4) is 0 Å². The second kappa shape index (κ2) is 7.09. The topological polar surface area (TPSA) is 49.4 Å². The van der Waals surface area contributed by atoms with E-state index in [2.05, 4.69) is 5.32 Å². The lowest BCUT2D eigenvalue weighted by atomic mass is 10.1. The molecule has 1 fully saturated rings. The average molecular weight is 308 g/mol. The first kappa shape index (κ1) is 15.3. The number of rotatable bonds is 4. The Hall–Kier alpha value is -2.62. The van der Waals surface area contributed by atoms with Crippen LogP contribution in [0.15, 0.2) is 60.7 Å². The van der Waals surface area contributed by atoms with Gasteiger partial charge in [-0.3, -0.25) is 9.59 Å². The van der Waals surface area contributed by atoms with E-state index < -0.39 is 0 Å². The van der Waals surface area contributed by atoms with Crippen molar-refractivity contribution in [1.82, 2.24) is 10.2 Å². The summed E-state index contributed by atoms with van der Waals surface area (Å²) in [5.41, 5.74) is 1.69. The van der Waals surface area contributed by atoms with Gasteiger partial charge in [0.05, 0.1) is 0 Å². The minimum atomic E-state index is -0.369. The fourth-order valence-corrected chi connectivity index (χ4v) is 2.93. The molecule has 0 bridgehead atoms. The highest BCUT2D eigenvalue weighted by Crippen LogP contribution is 2.20. The van der Waals surface area contributed by atoms with Crippen LogP contribution >= 0.6 is 0 Å². The number of hydrogen-bond acceptors (Lipinski definition) is 2. The van der Waals surface area contributed by atoms with E-state index in [9.17, 15) is 9.59 Å². The van der Waals surface area contributed by atoms with E-state index >= 15 is 0 Å². The van der Waals surface area contributed by atoms with Gasteiger partial charge in [0.1, 0.15) is 6.04 Å². The zero-order valence-corrected chi connectivity index (χ0v) is 12.9. The summed E-state index contributed by atoms with van der Waals surface area (Å²) in [4.78, 5) is 26.7. The van der Waals surface area contributed by atoms with E-state index in [0.29, 0.717) is 18.7 Å². The summed E-state index contributed by atoms with van der Waals surface area (Å²) in [6.45, 7) is 1.13. The number of carbonyl (C=O) groups is 2. The van der Waals surface area contributed by atoms with Crippen LogP contribution in [0.2, 0.25) is 0 Å². The van der Waals surface area contributed by atoms with E-state index in [0.717, 1.165) is 18.4 Å². The van der Waals surface area contributed by atoms with Crippen LogP contribution in [0.4, 0.5) is 0 Å². The quantitative estimate of drug-likeness (QED) is 0.944. The first-order valence-corrected chi connectivity index (χ1v) is 7.93. The number of amides is 2. The molecule has 23 heavy (non-hydrogen) atoms. The van der Waals surface area contributed by atoms with Crippen LogP contribution in [0.1, 0.15) is 28.8 Å². The maximum absolute atomic E-state index is 12.6. The van der Waals surface area contributed by atoms with Gasteiger partial charge >= 0.3 is 0 Å². The van der Waals surface area contributed by atoms with Crippen molar-refractivity contribution in [3.8, 4) is 0 Å². The van der Waals surface area contributed by atoms with E-state index in [1.807, 2.05) is 48.5 Å². The highest BCUT2D eigenvalue weighted by atomic mass is 16.2. The summed E-state index contributed by atoms with van der Waals surface area (Å²) in [5.74, 6) is -0.140. The largest absolute Gasteiger partial charge is 0.350 e. The normalized spacial score (nSPS) is 17.0. The number of likely N-dealkylation sites (tertiary alicyclic amines) is 1. The fraction of sp³-hybridized carbons (Fsp3) is 0.263. The molecule has 1 N–H and O–H groups in total. The Balaban J connectivity index is 1.64. The zero-order valence-electron chi connectivity index (χ0n) is 12.9. The third-order valence-corrected chi connectivity index (χ3v) is 4.15. The van der Waals surface area contributed by atoms with E-state index in [1.165, 1.54) is 0 Å². The smallest absolute Gasteiger partial charge is 0.254 e.